The third kappa shape index (κ3) is 21.6. The van der Waals surface area contributed by atoms with Gasteiger partial charge >= 0.3 is 0 Å². The average molecular weight is 528 g/mol. The van der Waals surface area contributed by atoms with Gasteiger partial charge in [0, 0.05) is 45.7 Å². The number of hydrogen-bond donors (Lipinski definition) is 3. The van der Waals surface area contributed by atoms with Crippen LogP contribution in [0.25, 0.3) is 0 Å². The van der Waals surface area contributed by atoms with Gasteiger partial charge < -0.3 is 21.3 Å². The maximum absolute atomic E-state index is 12.1. The first-order valence-corrected chi connectivity index (χ1v) is 14.6. The molecule has 1 rings (SSSR count). The van der Waals surface area contributed by atoms with E-state index in [0.29, 0.717) is 19.5 Å². The lowest BCUT2D eigenvalue weighted by Crippen LogP contribution is -2.45. The topological polar surface area (TPSA) is 90.7 Å². The minimum absolute atomic E-state index is 0.0668. The van der Waals surface area contributed by atoms with Crippen LogP contribution in [0.5, 0.6) is 0 Å². The molecule has 7 nitrogen and oxygen atoms in total. The number of nitrogens with zero attached hydrogens (tertiary/aromatic N) is 2. The fourth-order valence-electron chi connectivity index (χ4n) is 4.13. The zero-order chi connectivity index (χ0) is 27.5. The van der Waals surface area contributed by atoms with E-state index in [2.05, 4.69) is 83.2 Å². The number of allylic oxidation sites excluding steroid dienone is 10. The highest BCUT2D eigenvalue weighted by Gasteiger charge is 2.12. The molecule has 1 aliphatic rings. The Balaban J connectivity index is 2.04. The van der Waals surface area contributed by atoms with Gasteiger partial charge in [-0.2, -0.15) is 0 Å². The van der Waals surface area contributed by atoms with E-state index < -0.39 is 0 Å². The van der Waals surface area contributed by atoms with Crippen LogP contribution in [0.2, 0.25) is 0 Å². The minimum Gasteiger partial charge on any atom is -0.369 e. The van der Waals surface area contributed by atoms with Crippen LogP contribution in [0.1, 0.15) is 64.7 Å². The monoisotopic (exact) mass is 527 g/mol. The van der Waals surface area contributed by atoms with Crippen molar-refractivity contribution >= 4 is 11.8 Å². The van der Waals surface area contributed by atoms with E-state index in [1.807, 2.05) is 4.90 Å². The Kier molecular flexibility index (Phi) is 21.9. The second kappa shape index (κ2) is 24.8. The van der Waals surface area contributed by atoms with Gasteiger partial charge in [-0.15, -0.1) is 0 Å². The molecule has 1 saturated heterocycles. The molecule has 214 valence electrons. The molecule has 0 unspecified atom stereocenters. The number of piperazine rings is 1. The zero-order valence-corrected chi connectivity index (χ0v) is 23.8. The number of nitrogens with two attached hydrogens (primary N) is 1. The second-order valence-electron chi connectivity index (χ2n) is 9.64. The van der Waals surface area contributed by atoms with Crippen LogP contribution in [0, 0.1) is 0 Å². The molecule has 0 aliphatic carbocycles. The lowest BCUT2D eigenvalue weighted by molar-refractivity contribution is -0.121. The summed E-state index contributed by atoms with van der Waals surface area (Å²) in [6.45, 7) is 9.64. The standard InChI is InChI=1S/C31H53N5O2/c1-2-3-4-5-6-7-8-9-10-11-12-13-14-15-16-17-18-20-31(38)34-23-28-36(29-30(32)37)25-19-24-35-26-21-33-22-27-35/h3-4,6-7,9-10,12-13,15-16,33H,2,5,8,11,14,17-29H2,1H3,(H2,32,37)(H,34,38)/b4-3-,7-6?,10-9?,13-12-,16-15-. The summed E-state index contributed by atoms with van der Waals surface area (Å²) in [5.74, 6) is -0.257. The van der Waals surface area contributed by atoms with Crippen molar-refractivity contribution in [3.8, 4) is 0 Å². The average Bonchev–Trinajstić information content (AvgIpc) is 2.90. The van der Waals surface area contributed by atoms with Gasteiger partial charge in [-0.3, -0.25) is 14.5 Å². The van der Waals surface area contributed by atoms with Crippen LogP contribution in [0.3, 0.4) is 0 Å². The number of primary amides is 1. The number of carbonyl (C=O) groups excluding carboxylic acids is 2. The highest BCUT2D eigenvalue weighted by molar-refractivity contribution is 5.76. The maximum atomic E-state index is 12.1. The van der Waals surface area contributed by atoms with Gasteiger partial charge in [-0.25, -0.2) is 0 Å². The molecule has 0 saturated carbocycles. The van der Waals surface area contributed by atoms with Crippen LogP contribution in [-0.4, -0.2) is 80.5 Å². The van der Waals surface area contributed by atoms with Crippen LogP contribution in [0.4, 0.5) is 0 Å². The fourth-order valence-corrected chi connectivity index (χ4v) is 4.13. The fraction of sp³-hybridized carbons (Fsp3) is 0.613. The largest absolute Gasteiger partial charge is 0.369 e. The van der Waals surface area contributed by atoms with Crippen LogP contribution < -0.4 is 16.4 Å². The molecule has 1 fully saturated rings. The van der Waals surface area contributed by atoms with Gasteiger partial charge in [0.2, 0.25) is 11.8 Å². The SMILES string of the molecule is CC/C=C\CC=CCC=CC/C=C\C/C=C\CCCC(=O)NCCN(CCCN1CCNCC1)CC(N)=O. The molecule has 7 heteroatoms. The minimum atomic E-state index is -0.324. The van der Waals surface area contributed by atoms with E-state index in [1.54, 1.807) is 0 Å². The summed E-state index contributed by atoms with van der Waals surface area (Å²) in [5.41, 5.74) is 5.41. The summed E-state index contributed by atoms with van der Waals surface area (Å²) in [5, 5.41) is 6.34. The van der Waals surface area contributed by atoms with Crippen molar-refractivity contribution in [2.75, 3.05) is 58.9 Å². The molecule has 0 atom stereocenters. The Morgan fingerprint density at radius 3 is 2.00 bits per heavy atom. The molecule has 2 amide bonds. The number of carbonyl (C=O) groups is 2. The van der Waals surface area contributed by atoms with Crippen LogP contribution >= 0.6 is 0 Å². The lowest BCUT2D eigenvalue weighted by atomic mass is 10.2. The van der Waals surface area contributed by atoms with E-state index in [0.717, 1.165) is 90.6 Å². The van der Waals surface area contributed by atoms with Gasteiger partial charge in [0.15, 0.2) is 0 Å². The predicted molar refractivity (Wildman–Crippen MR) is 161 cm³/mol. The second-order valence-corrected chi connectivity index (χ2v) is 9.64. The van der Waals surface area contributed by atoms with E-state index in [4.69, 9.17) is 5.73 Å². The van der Waals surface area contributed by atoms with Crippen molar-refractivity contribution in [2.24, 2.45) is 5.73 Å². The quantitative estimate of drug-likeness (QED) is 0.146. The first-order chi connectivity index (χ1) is 18.6. The molecule has 0 bridgehead atoms. The molecule has 38 heavy (non-hydrogen) atoms. The Hall–Kier alpha value is -2.48. The Morgan fingerprint density at radius 1 is 0.842 bits per heavy atom. The maximum Gasteiger partial charge on any atom is 0.231 e. The summed E-state index contributed by atoms with van der Waals surface area (Å²) >= 11 is 0. The number of rotatable bonds is 22. The molecule has 0 spiro atoms. The van der Waals surface area contributed by atoms with Crippen molar-refractivity contribution in [2.45, 2.75) is 64.7 Å². The van der Waals surface area contributed by atoms with Crippen LogP contribution in [-0.2, 0) is 9.59 Å². The van der Waals surface area contributed by atoms with E-state index in [9.17, 15) is 9.59 Å². The molecule has 0 aromatic rings. The predicted octanol–water partition coefficient (Wildman–Crippen LogP) is 4.11. The first kappa shape index (κ1) is 33.5. The molecule has 0 aromatic heterocycles. The molecule has 0 radical (unpaired) electrons. The van der Waals surface area contributed by atoms with E-state index in [1.165, 1.54) is 0 Å². The number of amides is 2. The van der Waals surface area contributed by atoms with Gasteiger partial charge in [0.25, 0.3) is 0 Å². The summed E-state index contributed by atoms with van der Waals surface area (Å²) < 4.78 is 0. The van der Waals surface area contributed by atoms with Crippen LogP contribution in [0.15, 0.2) is 60.8 Å². The summed E-state index contributed by atoms with van der Waals surface area (Å²) in [7, 11) is 0. The number of hydrogen-bond acceptors (Lipinski definition) is 5. The van der Waals surface area contributed by atoms with Crippen molar-refractivity contribution in [3.63, 3.8) is 0 Å². The highest BCUT2D eigenvalue weighted by Crippen LogP contribution is 2.01. The van der Waals surface area contributed by atoms with Gasteiger partial charge in [0.1, 0.15) is 0 Å². The van der Waals surface area contributed by atoms with E-state index >= 15 is 0 Å². The summed E-state index contributed by atoms with van der Waals surface area (Å²) in [4.78, 5) is 28.0. The Bertz CT molecular complexity index is 751. The third-order valence-corrected chi connectivity index (χ3v) is 6.22. The Labute approximate surface area is 232 Å². The van der Waals surface area contributed by atoms with Gasteiger partial charge in [0.05, 0.1) is 6.54 Å². The molecule has 1 aliphatic heterocycles. The van der Waals surface area contributed by atoms with E-state index in [-0.39, 0.29) is 18.4 Å². The molecule has 1 heterocycles. The van der Waals surface area contributed by atoms with Gasteiger partial charge in [-0.1, -0.05) is 67.7 Å². The molecular formula is C31H53N5O2. The first-order valence-electron chi connectivity index (χ1n) is 14.6. The number of nitrogens with one attached hydrogen (secondary N) is 2. The summed E-state index contributed by atoms with van der Waals surface area (Å²) in [6.07, 6.45) is 30.2. The summed E-state index contributed by atoms with van der Waals surface area (Å²) in [6, 6.07) is 0. The smallest absolute Gasteiger partial charge is 0.231 e. The van der Waals surface area contributed by atoms with Crippen molar-refractivity contribution in [3.05, 3.63) is 60.8 Å². The molecule has 0 aromatic carbocycles. The van der Waals surface area contributed by atoms with Crippen molar-refractivity contribution < 1.29 is 9.59 Å². The third-order valence-electron chi connectivity index (χ3n) is 6.22. The van der Waals surface area contributed by atoms with Gasteiger partial charge in [-0.05, 0) is 64.5 Å². The van der Waals surface area contributed by atoms with Crippen molar-refractivity contribution in [1.82, 2.24) is 20.4 Å². The Morgan fingerprint density at radius 2 is 1.42 bits per heavy atom. The molecule has 4 N–H and O–H groups in total. The normalized spacial score (nSPS) is 15.3. The van der Waals surface area contributed by atoms with Crippen molar-refractivity contribution in [1.29, 1.82) is 0 Å². The lowest BCUT2D eigenvalue weighted by Gasteiger charge is -2.28. The molecular weight excluding hydrogens is 474 g/mol. The zero-order valence-electron chi connectivity index (χ0n) is 23.8. The highest BCUT2D eigenvalue weighted by atomic mass is 16.2. The number of unbranched alkanes of at least 4 members (excludes halogenated alkanes) is 1.